The fraction of sp³-hybridized carbons (Fsp3) is 0.600. The van der Waals surface area contributed by atoms with E-state index in [9.17, 15) is 8.42 Å². The molecule has 1 fully saturated rings. The van der Waals surface area contributed by atoms with Crippen LogP contribution in [0.1, 0.15) is 49.4 Å². The first-order valence-electron chi connectivity index (χ1n) is 9.64. The van der Waals surface area contributed by atoms with E-state index in [0.29, 0.717) is 18.2 Å². The lowest BCUT2D eigenvalue weighted by molar-refractivity contribution is 0.282. The Morgan fingerprint density at radius 2 is 2.07 bits per heavy atom. The lowest BCUT2D eigenvalue weighted by Gasteiger charge is -2.39. The highest BCUT2D eigenvalue weighted by atomic mass is 32.2. The smallest absolute Gasteiger partial charge is 0.261 e. The van der Waals surface area contributed by atoms with Crippen molar-refractivity contribution >= 4 is 33.6 Å². The number of aryl methyl sites for hydroxylation is 1. The van der Waals surface area contributed by atoms with Gasteiger partial charge in [-0.15, -0.1) is 0 Å². The molecule has 0 saturated carbocycles. The Bertz CT molecular complexity index is 913. The van der Waals surface area contributed by atoms with Gasteiger partial charge in [0.15, 0.2) is 0 Å². The summed E-state index contributed by atoms with van der Waals surface area (Å²) in [5.74, 6) is 2.31. The van der Waals surface area contributed by atoms with Gasteiger partial charge in [0.05, 0.1) is 6.26 Å². The third-order valence-electron chi connectivity index (χ3n) is 5.63. The summed E-state index contributed by atoms with van der Waals surface area (Å²) in [4.78, 5) is 0. The molecule has 5 nitrogen and oxygen atoms in total. The average molecular weight is 411 g/mol. The molecule has 1 aliphatic carbocycles. The molecule has 7 heteroatoms. The second-order valence-electron chi connectivity index (χ2n) is 7.88. The Morgan fingerprint density at radius 1 is 1.37 bits per heavy atom. The van der Waals surface area contributed by atoms with Gasteiger partial charge in [-0.05, 0) is 48.9 Å². The molecule has 0 bridgehead atoms. The predicted octanol–water partition coefficient (Wildman–Crippen LogP) is 3.62. The van der Waals surface area contributed by atoms with Crippen molar-refractivity contribution in [2.75, 3.05) is 12.8 Å². The first kappa shape index (κ1) is 20.7. The van der Waals surface area contributed by atoms with E-state index in [4.69, 9.17) is 4.55 Å². The van der Waals surface area contributed by atoms with Crippen LogP contribution in [0.4, 0.5) is 0 Å². The molecule has 27 heavy (non-hydrogen) atoms. The maximum Gasteiger partial charge on any atom is 0.261 e. The maximum absolute atomic E-state index is 9.19. The van der Waals surface area contributed by atoms with Crippen molar-refractivity contribution in [1.29, 1.82) is 0 Å². The molecule has 0 amide bonds. The Morgan fingerprint density at radius 3 is 2.70 bits per heavy atom. The molecule has 1 saturated heterocycles. The lowest BCUT2D eigenvalue weighted by atomic mass is 9.73. The zero-order chi connectivity index (χ0) is 19.8. The third kappa shape index (κ3) is 4.36. The highest BCUT2D eigenvalue weighted by Crippen LogP contribution is 2.44. The highest BCUT2D eigenvalue weighted by Gasteiger charge is 2.36. The van der Waals surface area contributed by atoms with Gasteiger partial charge >= 0.3 is 0 Å². The summed E-state index contributed by atoms with van der Waals surface area (Å²) in [6.45, 7) is 6.91. The SMILES string of the molecule is CCCn1c(CS)c2c3c(cccc31)[C@H]1C[C@@H](C)CN[C@@H]1C2.CS(=O)(=O)O. The number of rotatable bonds is 3. The topological polar surface area (TPSA) is 71.3 Å². The fourth-order valence-electron chi connectivity index (χ4n) is 4.71. The molecular formula is C20H30N2O3S2. The monoisotopic (exact) mass is 410 g/mol. The van der Waals surface area contributed by atoms with Crippen LogP contribution in [0.5, 0.6) is 0 Å². The van der Waals surface area contributed by atoms with Crippen molar-refractivity contribution in [2.45, 2.75) is 57.4 Å². The maximum atomic E-state index is 9.19. The van der Waals surface area contributed by atoms with Crippen molar-refractivity contribution in [3.05, 3.63) is 35.0 Å². The van der Waals surface area contributed by atoms with E-state index in [1.54, 1.807) is 16.5 Å². The quantitative estimate of drug-likeness (QED) is 0.534. The Labute approximate surface area is 167 Å². The molecule has 150 valence electrons. The number of hydrogen-bond donors (Lipinski definition) is 3. The van der Waals surface area contributed by atoms with Gasteiger partial charge in [0.25, 0.3) is 10.1 Å². The standard InChI is InChI=1S/C19H26N2S.CH4O3S/c1-3-7-21-17-6-4-5-13-14-8-12(2)10-20-16(14)9-15(19(13)17)18(21)11-22;1-5(2,3)4/h4-6,12,14,16,20,22H,3,7-11H2,1-2H3;1H3,(H,2,3,4)/t12-,14-,16-;/m1./s1. The van der Waals surface area contributed by atoms with Crippen LogP contribution in [0.3, 0.4) is 0 Å². The summed E-state index contributed by atoms with van der Waals surface area (Å²) in [6, 6.07) is 7.56. The third-order valence-corrected chi connectivity index (χ3v) is 5.93. The van der Waals surface area contributed by atoms with Crippen LogP contribution in [0, 0.1) is 5.92 Å². The molecule has 1 aliphatic heterocycles. The van der Waals surface area contributed by atoms with Crippen LogP contribution in [-0.4, -0.2) is 36.4 Å². The van der Waals surface area contributed by atoms with Gasteiger partial charge < -0.3 is 9.88 Å². The molecule has 0 radical (unpaired) electrons. The van der Waals surface area contributed by atoms with E-state index in [2.05, 4.69) is 54.6 Å². The fourth-order valence-corrected chi connectivity index (χ4v) is 5.07. The first-order chi connectivity index (χ1) is 12.7. The summed E-state index contributed by atoms with van der Waals surface area (Å²) in [7, 11) is -3.67. The van der Waals surface area contributed by atoms with Gasteiger partial charge in [-0.25, -0.2) is 0 Å². The zero-order valence-electron chi connectivity index (χ0n) is 16.3. The van der Waals surface area contributed by atoms with Crippen molar-refractivity contribution in [2.24, 2.45) is 5.92 Å². The number of hydrogen-bond acceptors (Lipinski definition) is 4. The van der Waals surface area contributed by atoms with Crippen LogP contribution in [0.25, 0.3) is 10.9 Å². The zero-order valence-corrected chi connectivity index (χ0v) is 18.0. The van der Waals surface area contributed by atoms with Crippen molar-refractivity contribution in [3.63, 3.8) is 0 Å². The van der Waals surface area contributed by atoms with Gasteiger partial charge in [0.1, 0.15) is 0 Å². The molecule has 2 heterocycles. The van der Waals surface area contributed by atoms with E-state index in [-0.39, 0.29) is 0 Å². The van der Waals surface area contributed by atoms with Crippen LogP contribution >= 0.6 is 12.6 Å². The number of benzene rings is 1. The van der Waals surface area contributed by atoms with E-state index in [1.165, 1.54) is 37.0 Å². The van der Waals surface area contributed by atoms with Crippen LogP contribution < -0.4 is 5.32 Å². The summed E-state index contributed by atoms with van der Waals surface area (Å²) < 4.78 is 28.4. The van der Waals surface area contributed by atoms with E-state index in [1.807, 2.05) is 0 Å². The molecular weight excluding hydrogens is 380 g/mol. The minimum Gasteiger partial charge on any atom is -0.343 e. The number of nitrogens with zero attached hydrogens (tertiary/aromatic N) is 1. The second-order valence-corrected chi connectivity index (χ2v) is 9.66. The number of thiol groups is 1. The normalized spacial score (nSPS) is 24.3. The molecule has 4 rings (SSSR count). The van der Waals surface area contributed by atoms with E-state index < -0.39 is 10.1 Å². The van der Waals surface area contributed by atoms with E-state index in [0.717, 1.165) is 18.2 Å². The predicted molar refractivity (Wildman–Crippen MR) is 114 cm³/mol. The molecule has 2 aromatic rings. The number of nitrogens with one attached hydrogen (secondary N) is 1. The Hall–Kier alpha value is -1.02. The number of aromatic nitrogens is 1. The summed E-state index contributed by atoms with van der Waals surface area (Å²) >= 11 is 4.66. The minimum absolute atomic E-state index is 0.616. The van der Waals surface area contributed by atoms with Crippen LogP contribution in [0.2, 0.25) is 0 Å². The molecule has 0 unspecified atom stereocenters. The van der Waals surface area contributed by atoms with Gasteiger partial charge in [-0.3, -0.25) is 4.55 Å². The van der Waals surface area contributed by atoms with E-state index >= 15 is 0 Å². The molecule has 1 aromatic heterocycles. The molecule has 2 aliphatic rings. The van der Waals surface area contributed by atoms with Crippen molar-refractivity contribution < 1.29 is 13.0 Å². The Balaban J connectivity index is 0.000000376. The summed E-state index contributed by atoms with van der Waals surface area (Å²) in [6.07, 6.45) is 4.40. The molecule has 2 N–H and O–H groups in total. The van der Waals surface area contributed by atoms with Gasteiger partial charge in [-0.1, -0.05) is 26.0 Å². The van der Waals surface area contributed by atoms with Crippen LogP contribution in [0.15, 0.2) is 18.2 Å². The van der Waals surface area contributed by atoms with Gasteiger partial charge in [0.2, 0.25) is 0 Å². The highest BCUT2D eigenvalue weighted by molar-refractivity contribution is 7.85. The van der Waals surface area contributed by atoms with Crippen molar-refractivity contribution in [1.82, 2.24) is 9.88 Å². The summed E-state index contributed by atoms with van der Waals surface area (Å²) in [5.41, 5.74) is 6.04. The lowest BCUT2D eigenvalue weighted by Crippen LogP contribution is -2.46. The molecule has 3 atom stereocenters. The summed E-state index contributed by atoms with van der Waals surface area (Å²) in [5, 5.41) is 5.37. The van der Waals surface area contributed by atoms with Gasteiger partial charge in [0, 0.05) is 40.9 Å². The second kappa shape index (κ2) is 8.15. The largest absolute Gasteiger partial charge is 0.343 e. The van der Waals surface area contributed by atoms with Crippen molar-refractivity contribution in [3.8, 4) is 0 Å². The Kier molecular flexibility index (Phi) is 6.25. The molecule has 1 aromatic carbocycles. The molecule has 0 spiro atoms. The first-order valence-corrected chi connectivity index (χ1v) is 12.1. The number of fused-ring (bicyclic) bond motifs is 2. The van der Waals surface area contributed by atoms with Gasteiger partial charge in [-0.2, -0.15) is 21.0 Å². The number of piperidine rings is 1. The average Bonchev–Trinajstić information content (AvgIpc) is 2.89. The van der Waals surface area contributed by atoms with Crippen LogP contribution in [-0.2, 0) is 28.8 Å². The minimum atomic E-state index is -3.67.